The lowest BCUT2D eigenvalue weighted by atomic mass is 9.94. The maximum Gasteiger partial charge on any atom is 0.416 e. The van der Waals surface area contributed by atoms with Crippen molar-refractivity contribution in [1.29, 1.82) is 0 Å². The van der Waals surface area contributed by atoms with Gasteiger partial charge in [-0.2, -0.15) is 13.2 Å². The van der Waals surface area contributed by atoms with Gasteiger partial charge < -0.3 is 10.5 Å². The van der Waals surface area contributed by atoms with Crippen LogP contribution >= 0.6 is 11.6 Å². The molecule has 0 bridgehead atoms. The van der Waals surface area contributed by atoms with Crippen molar-refractivity contribution in [2.24, 2.45) is 5.73 Å². The molecule has 0 spiro atoms. The summed E-state index contributed by atoms with van der Waals surface area (Å²) in [6, 6.07) is 8.89. The van der Waals surface area contributed by atoms with Crippen molar-refractivity contribution in [2.45, 2.75) is 12.2 Å². The van der Waals surface area contributed by atoms with E-state index in [0.29, 0.717) is 16.3 Å². The third-order valence-electron chi connectivity index (χ3n) is 3.13. The first-order valence-electron chi connectivity index (χ1n) is 6.09. The Morgan fingerprint density at radius 1 is 1.10 bits per heavy atom. The molecule has 0 amide bonds. The molecule has 2 nitrogen and oxygen atoms in total. The number of rotatable bonds is 3. The molecule has 0 heterocycles. The van der Waals surface area contributed by atoms with Crippen molar-refractivity contribution < 1.29 is 17.9 Å². The zero-order valence-corrected chi connectivity index (χ0v) is 11.9. The average Bonchev–Trinajstić information content (AvgIpc) is 2.45. The zero-order chi connectivity index (χ0) is 15.6. The monoisotopic (exact) mass is 315 g/mol. The van der Waals surface area contributed by atoms with E-state index in [-0.39, 0.29) is 5.56 Å². The zero-order valence-electron chi connectivity index (χ0n) is 11.1. The Labute approximate surface area is 125 Å². The molecular weight excluding hydrogens is 303 g/mol. The number of hydrogen-bond acceptors (Lipinski definition) is 2. The van der Waals surface area contributed by atoms with Gasteiger partial charge in [-0.3, -0.25) is 0 Å². The van der Waals surface area contributed by atoms with Gasteiger partial charge in [-0.15, -0.1) is 0 Å². The standard InChI is InChI=1S/C15H13ClF3NO/c1-21-13-7-6-9(16)8-11(13)14(20)10-4-2-3-5-12(10)15(17,18)19/h2-8,14H,20H2,1H3. The fourth-order valence-corrected chi connectivity index (χ4v) is 2.32. The van der Waals surface area contributed by atoms with E-state index >= 15 is 0 Å². The van der Waals surface area contributed by atoms with E-state index < -0.39 is 17.8 Å². The summed E-state index contributed by atoms with van der Waals surface area (Å²) in [5.74, 6) is 0.392. The van der Waals surface area contributed by atoms with Crippen LogP contribution in [0.5, 0.6) is 5.75 Å². The average molecular weight is 316 g/mol. The number of halogens is 4. The Kier molecular flexibility index (Phi) is 4.44. The van der Waals surface area contributed by atoms with E-state index in [1.807, 2.05) is 0 Å². The molecule has 0 fully saturated rings. The van der Waals surface area contributed by atoms with Crippen LogP contribution in [0, 0.1) is 0 Å². The first-order valence-corrected chi connectivity index (χ1v) is 6.47. The van der Waals surface area contributed by atoms with Crippen LogP contribution in [0.1, 0.15) is 22.7 Å². The molecular formula is C15H13ClF3NO. The number of methoxy groups -OCH3 is 1. The van der Waals surface area contributed by atoms with Crippen LogP contribution in [0.4, 0.5) is 13.2 Å². The van der Waals surface area contributed by atoms with Gasteiger partial charge in [0.25, 0.3) is 0 Å². The van der Waals surface area contributed by atoms with Crippen LogP contribution in [0.3, 0.4) is 0 Å². The van der Waals surface area contributed by atoms with Crippen molar-refractivity contribution in [3.05, 3.63) is 64.2 Å². The summed E-state index contributed by atoms with van der Waals surface area (Å²) in [5, 5.41) is 0.380. The molecule has 2 N–H and O–H groups in total. The second-order valence-corrected chi connectivity index (χ2v) is 4.89. The van der Waals surface area contributed by atoms with Gasteiger partial charge >= 0.3 is 6.18 Å². The van der Waals surface area contributed by atoms with Crippen molar-refractivity contribution >= 4 is 11.6 Å². The minimum Gasteiger partial charge on any atom is -0.496 e. The molecule has 0 aliphatic carbocycles. The van der Waals surface area contributed by atoms with Crippen molar-refractivity contribution in [3.8, 4) is 5.75 Å². The lowest BCUT2D eigenvalue weighted by Gasteiger charge is -2.20. The molecule has 0 aliphatic heterocycles. The molecule has 0 saturated carbocycles. The van der Waals surface area contributed by atoms with Crippen molar-refractivity contribution in [3.63, 3.8) is 0 Å². The Balaban J connectivity index is 2.56. The maximum atomic E-state index is 13.1. The van der Waals surface area contributed by atoms with Crippen molar-refractivity contribution in [2.75, 3.05) is 7.11 Å². The first-order chi connectivity index (χ1) is 9.84. The third kappa shape index (κ3) is 3.31. The molecule has 0 aromatic heterocycles. The topological polar surface area (TPSA) is 35.2 Å². The fraction of sp³-hybridized carbons (Fsp3) is 0.200. The van der Waals surface area contributed by atoms with Gasteiger partial charge in [0, 0.05) is 10.6 Å². The van der Waals surface area contributed by atoms with E-state index in [2.05, 4.69) is 0 Å². The van der Waals surface area contributed by atoms with Crippen LogP contribution in [-0.4, -0.2) is 7.11 Å². The van der Waals surface area contributed by atoms with Crippen LogP contribution in [0.25, 0.3) is 0 Å². The van der Waals surface area contributed by atoms with E-state index in [0.717, 1.165) is 6.07 Å². The summed E-state index contributed by atoms with van der Waals surface area (Å²) in [4.78, 5) is 0. The van der Waals surface area contributed by atoms with Gasteiger partial charge in [-0.1, -0.05) is 29.8 Å². The second-order valence-electron chi connectivity index (χ2n) is 4.45. The van der Waals surface area contributed by atoms with Crippen LogP contribution in [0.15, 0.2) is 42.5 Å². The van der Waals surface area contributed by atoms with Gasteiger partial charge in [-0.05, 0) is 29.8 Å². The maximum absolute atomic E-state index is 13.1. The van der Waals surface area contributed by atoms with E-state index in [1.54, 1.807) is 12.1 Å². The van der Waals surface area contributed by atoms with E-state index in [4.69, 9.17) is 22.1 Å². The Hall–Kier alpha value is -1.72. The van der Waals surface area contributed by atoms with Crippen molar-refractivity contribution in [1.82, 2.24) is 0 Å². The third-order valence-corrected chi connectivity index (χ3v) is 3.36. The molecule has 21 heavy (non-hydrogen) atoms. The molecule has 0 saturated heterocycles. The summed E-state index contributed by atoms with van der Waals surface area (Å²) in [5.41, 5.74) is 5.64. The van der Waals surface area contributed by atoms with Gasteiger partial charge in [0.1, 0.15) is 5.75 Å². The highest BCUT2D eigenvalue weighted by Crippen LogP contribution is 2.38. The summed E-state index contributed by atoms with van der Waals surface area (Å²) in [7, 11) is 1.43. The molecule has 0 aliphatic rings. The van der Waals surface area contributed by atoms with Crippen LogP contribution < -0.4 is 10.5 Å². The molecule has 1 atom stereocenters. The highest BCUT2D eigenvalue weighted by atomic mass is 35.5. The normalized spacial score (nSPS) is 13.0. The van der Waals surface area contributed by atoms with Crippen LogP contribution in [0.2, 0.25) is 5.02 Å². The summed E-state index contributed by atoms with van der Waals surface area (Å²) >= 11 is 5.90. The van der Waals surface area contributed by atoms with Gasteiger partial charge in [0.2, 0.25) is 0 Å². The van der Waals surface area contributed by atoms with E-state index in [1.165, 1.54) is 31.4 Å². The minimum absolute atomic E-state index is 0.0226. The molecule has 2 aromatic carbocycles. The predicted octanol–water partition coefficient (Wildman–Crippen LogP) is 4.42. The minimum atomic E-state index is -4.47. The quantitative estimate of drug-likeness (QED) is 0.910. The SMILES string of the molecule is COc1ccc(Cl)cc1C(N)c1ccccc1C(F)(F)F. The lowest BCUT2D eigenvalue weighted by Crippen LogP contribution is -2.19. The van der Waals surface area contributed by atoms with Crippen LogP contribution in [-0.2, 0) is 6.18 Å². The number of benzene rings is 2. The summed E-state index contributed by atoms with van der Waals surface area (Å²) in [6.07, 6.45) is -4.47. The number of ether oxygens (including phenoxy) is 1. The molecule has 6 heteroatoms. The Morgan fingerprint density at radius 3 is 2.38 bits per heavy atom. The van der Waals surface area contributed by atoms with Gasteiger partial charge in [-0.25, -0.2) is 0 Å². The molecule has 2 aromatic rings. The number of nitrogens with two attached hydrogens (primary N) is 1. The fourth-order valence-electron chi connectivity index (χ4n) is 2.14. The van der Waals surface area contributed by atoms with Gasteiger partial charge in [0.15, 0.2) is 0 Å². The Bertz CT molecular complexity index is 643. The first kappa shape index (κ1) is 15.7. The number of hydrogen-bond donors (Lipinski definition) is 1. The summed E-state index contributed by atoms with van der Waals surface area (Å²) < 4.78 is 44.4. The lowest BCUT2D eigenvalue weighted by molar-refractivity contribution is -0.138. The largest absolute Gasteiger partial charge is 0.496 e. The second kappa shape index (κ2) is 5.95. The smallest absolute Gasteiger partial charge is 0.416 e. The highest BCUT2D eigenvalue weighted by Gasteiger charge is 2.35. The molecule has 0 radical (unpaired) electrons. The number of alkyl halides is 3. The summed E-state index contributed by atoms with van der Waals surface area (Å²) in [6.45, 7) is 0. The molecule has 2 rings (SSSR count). The van der Waals surface area contributed by atoms with E-state index in [9.17, 15) is 13.2 Å². The predicted molar refractivity (Wildman–Crippen MR) is 75.5 cm³/mol. The Morgan fingerprint density at radius 2 is 1.76 bits per heavy atom. The molecule has 112 valence electrons. The molecule has 1 unspecified atom stereocenters. The highest BCUT2D eigenvalue weighted by molar-refractivity contribution is 6.30. The van der Waals surface area contributed by atoms with Gasteiger partial charge in [0.05, 0.1) is 18.7 Å².